The molecule has 2 aromatic rings. The highest BCUT2D eigenvalue weighted by Gasteiger charge is 2.33. The number of amides is 1. The predicted molar refractivity (Wildman–Crippen MR) is 86.0 cm³/mol. The number of likely N-dealkylation sites (tertiary alicyclic amines) is 1. The lowest BCUT2D eigenvalue weighted by Crippen LogP contribution is -3.14. The average Bonchev–Trinajstić information content (AvgIpc) is 2.96. The maximum absolute atomic E-state index is 12.2. The molecule has 1 saturated heterocycles. The molecule has 0 spiro atoms. The molecule has 1 aliphatic rings. The predicted octanol–water partition coefficient (Wildman–Crippen LogP) is 2.08. The number of halogens is 3. The van der Waals surface area contributed by atoms with Crippen LogP contribution in [-0.2, 0) is 4.79 Å². The summed E-state index contributed by atoms with van der Waals surface area (Å²) in [6.07, 6.45) is -1.45. The third kappa shape index (κ3) is 4.24. The number of carbonyl (C=O) groups excluding carboxylic acids is 1. The Hall–Kier alpha value is -1.67. The first kappa shape index (κ1) is 17.2. The van der Waals surface area contributed by atoms with E-state index in [1.807, 2.05) is 29.6 Å². The molecular weight excluding hydrogens is 339 g/mol. The van der Waals surface area contributed by atoms with Crippen LogP contribution in [0.4, 0.5) is 13.2 Å². The molecule has 2 heterocycles. The summed E-state index contributed by atoms with van der Waals surface area (Å²) >= 11 is 1.61. The van der Waals surface area contributed by atoms with Crippen molar-refractivity contribution in [2.45, 2.75) is 31.5 Å². The fraction of sp³-hybridized carbons (Fsp3) is 0.500. The summed E-state index contributed by atoms with van der Waals surface area (Å²) in [6, 6.07) is 7.93. The first-order valence-corrected chi connectivity index (χ1v) is 8.77. The number of piperidine rings is 1. The van der Waals surface area contributed by atoms with Gasteiger partial charge in [-0.1, -0.05) is 12.1 Å². The van der Waals surface area contributed by atoms with Gasteiger partial charge in [0.15, 0.2) is 11.6 Å². The lowest BCUT2D eigenvalue weighted by atomic mass is 10.0. The van der Waals surface area contributed by atoms with Crippen LogP contribution in [0.1, 0.15) is 30.3 Å². The topological polar surface area (TPSA) is 46.4 Å². The number of nitrogens with one attached hydrogen (secondary N) is 2. The van der Waals surface area contributed by atoms with Crippen LogP contribution in [0.2, 0.25) is 0 Å². The van der Waals surface area contributed by atoms with Gasteiger partial charge in [-0.25, -0.2) is 4.98 Å². The largest absolute Gasteiger partial charge is 0.405 e. The monoisotopic (exact) mass is 358 g/mol. The van der Waals surface area contributed by atoms with Crippen molar-refractivity contribution in [2.24, 2.45) is 0 Å². The van der Waals surface area contributed by atoms with Gasteiger partial charge in [0.25, 0.3) is 5.91 Å². The minimum atomic E-state index is -4.38. The van der Waals surface area contributed by atoms with E-state index in [0.29, 0.717) is 0 Å². The standard InChI is InChI=1S/C16H18F3N3OS/c17-16(18,19)10-20-14(23)9-22-8-4-3-6-12(22)15-21-11-5-1-2-7-13(11)24-15/h1-2,5,7,12H,3-4,6,8-10H2,(H,20,23)/p+1/t12-/m1/s1. The van der Waals surface area contributed by atoms with E-state index in [1.54, 1.807) is 11.3 Å². The summed E-state index contributed by atoms with van der Waals surface area (Å²) < 4.78 is 37.8. The van der Waals surface area contributed by atoms with Crippen LogP contribution in [0.25, 0.3) is 10.2 Å². The summed E-state index contributed by atoms with van der Waals surface area (Å²) in [5.41, 5.74) is 0.934. The number of rotatable bonds is 4. The molecule has 0 radical (unpaired) electrons. The van der Waals surface area contributed by atoms with Crippen molar-refractivity contribution in [1.82, 2.24) is 10.3 Å². The van der Waals surface area contributed by atoms with E-state index in [0.717, 1.165) is 45.9 Å². The zero-order chi connectivity index (χ0) is 17.2. The lowest BCUT2D eigenvalue weighted by molar-refractivity contribution is -0.929. The highest BCUT2D eigenvalue weighted by molar-refractivity contribution is 7.18. The average molecular weight is 358 g/mol. The molecule has 8 heteroatoms. The second kappa shape index (κ2) is 7.06. The van der Waals surface area contributed by atoms with Crippen LogP contribution in [0.15, 0.2) is 24.3 Å². The second-order valence-electron chi connectivity index (χ2n) is 6.05. The summed E-state index contributed by atoms with van der Waals surface area (Å²) in [6.45, 7) is -0.443. The number of para-hydroxylation sites is 1. The molecule has 1 fully saturated rings. The minimum Gasteiger partial charge on any atom is -0.342 e. The quantitative estimate of drug-likeness (QED) is 0.879. The van der Waals surface area contributed by atoms with Gasteiger partial charge in [0, 0.05) is 6.42 Å². The Morgan fingerprint density at radius 3 is 2.88 bits per heavy atom. The summed E-state index contributed by atoms with van der Waals surface area (Å²) in [4.78, 5) is 17.5. The number of nitrogens with zero attached hydrogens (tertiary/aromatic N) is 1. The van der Waals surface area contributed by atoms with Crippen LogP contribution < -0.4 is 10.2 Å². The van der Waals surface area contributed by atoms with E-state index < -0.39 is 18.6 Å². The van der Waals surface area contributed by atoms with Gasteiger partial charge in [-0.05, 0) is 25.0 Å². The van der Waals surface area contributed by atoms with Crippen LogP contribution in [0, 0.1) is 0 Å². The number of benzene rings is 1. The van der Waals surface area contributed by atoms with Gasteiger partial charge in [0.1, 0.15) is 12.6 Å². The van der Waals surface area contributed by atoms with E-state index in [1.165, 1.54) is 0 Å². The number of hydrogen-bond donors (Lipinski definition) is 2. The highest BCUT2D eigenvalue weighted by atomic mass is 32.1. The van der Waals surface area contributed by atoms with Crippen LogP contribution in [-0.4, -0.2) is 36.7 Å². The Kier molecular flexibility index (Phi) is 5.05. The molecule has 1 amide bonds. The van der Waals surface area contributed by atoms with Gasteiger partial charge in [-0.2, -0.15) is 13.2 Å². The number of alkyl halides is 3. The maximum atomic E-state index is 12.2. The van der Waals surface area contributed by atoms with Crippen molar-refractivity contribution >= 4 is 27.5 Å². The van der Waals surface area contributed by atoms with Gasteiger partial charge in [0.05, 0.1) is 16.8 Å². The van der Waals surface area contributed by atoms with Crippen molar-refractivity contribution in [3.63, 3.8) is 0 Å². The zero-order valence-electron chi connectivity index (χ0n) is 13.0. The number of hydrogen-bond acceptors (Lipinski definition) is 3. The number of thiazole rings is 1. The van der Waals surface area contributed by atoms with Gasteiger partial charge < -0.3 is 10.2 Å². The van der Waals surface area contributed by atoms with Gasteiger partial charge in [0.2, 0.25) is 0 Å². The third-order valence-corrected chi connectivity index (χ3v) is 5.37. The SMILES string of the molecule is O=C(C[NH+]1CCCC[C@@H]1c1nc2ccccc2s1)NCC(F)(F)F. The molecule has 3 rings (SSSR count). The first-order valence-electron chi connectivity index (χ1n) is 7.96. The molecule has 24 heavy (non-hydrogen) atoms. The summed E-state index contributed by atoms with van der Waals surface area (Å²) in [5, 5.41) is 2.93. The van der Waals surface area contributed by atoms with Crippen molar-refractivity contribution in [3.05, 3.63) is 29.3 Å². The lowest BCUT2D eigenvalue weighted by Gasteiger charge is -2.30. The van der Waals surface area contributed by atoms with Crippen molar-refractivity contribution < 1.29 is 22.9 Å². The Labute approximate surface area is 141 Å². The Balaban J connectivity index is 1.70. The molecule has 1 aliphatic heterocycles. The Morgan fingerprint density at radius 2 is 2.12 bits per heavy atom. The van der Waals surface area contributed by atoms with E-state index in [-0.39, 0.29) is 12.6 Å². The number of quaternary nitrogens is 1. The molecule has 4 nitrogen and oxygen atoms in total. The molecule has 2 atom stereocenters. The number of fused-ring (bicyclic) bond motifs is 1. The molecule has 0 aliphatic carbocycles. The van der Waals surface area contributed by atoms with Gasteiger partial charge >= 0.3 is 6.18 Å². The molecule has 0 saturated carbocycles. The minimum absolute atomic E-state index is 0.0523. The van der Waals surface area contributed by atoms with E-state index >= 15 is 0 Å². The van der Waals surface area contributed by atoms with Crippen molar-refractivity contribution in [3.8, 4) is 0 Å². The Bertz CT molecular complexity index is 683. The van der Waals surface area contributed by atoms with Crippen LogP contribution in [0.3, 0.4) is 0 Å². The van der Waals surface area contributed by atoms with Gasteiger partial charge in [-0.15, -0.1) is 11.3 Å². The molecule has 1 aromatic heterocycles. The van der Waals surface area contributed by atoms with Gasteiger partial charge in [-0.3, -0.25) is 4.79 Å². The first-order chi connectivity index (χ1) is 11.4. The maximum Gasteiger partial charge on any atom is 0.405 e. The smallest absolute Gasteiger partial charge is 0.342 e. The van der Waals surface area contributed by atoms with E-state index in [9.17, 15) is 18.0 Å². The summed E-state index contributed by atoms with van der Waals surface area (Å²) in [5.74, 6) is -0.560. The second-order valence-corrected chi connectivity index (χ2v) is 7.11. The number of carbonyl (C=O) groups is 1. The molecular formula is C16H19F3N3OS+. The van der Waals surface area contributed by atoms with Crippen molar-refractivity contribution in [2.75, 3.05) is 19.6 Å². The molecule has 130 valence electrons. The van der Waals surface area contributed by atoms with Crippen LogP contribution >= 0.6 is 11.3 Å². The molecule has 1 aromatic carbocycles. The highest BCUT2D eigenvalue weighted by Crippen LogP contribution is 2.28. The normalized spacial score (nSPS) is 21.8. The van der Waals surface area contributed by atoms with Crippen molar-refractivity contribution in [1.29, 1.82) is 0 Å². The molecule has 0 bridgehead atoms. The fourth-order valence-electron chi connectivity index (χ4n) is 3.10. The molecule has 2 N–H and O–H groups in total. The van der Waals surface area contributed by atoms with E-state index in [2.05, 4.69) is 4.98 Å². The third-order valence-electron chi connectivity index (χ3n) is 4.22. The zero-order valence-corrected chi connectivity index (χ0v) is 13.8. The van der Waals surface area contributed by atoms with E-state index in [4.69, 9.17) is 0 Å². The number of aromatic nitrogens is 1. The Morgan fingerprint density at radius 1 is 1.33 bits per heavy atom. The van der Waals surface area contributed by atoms with Crippen LogP contribution in [0.5, 0.6) is 0 Å². The fourth-order valence-corrected chi connectivity index (χ4v) is 4.26. The summed E-state index contributed by atoms with van der Waals surface area (Å²) in [7, 11) is 0. The molecule has 1 unspecified atom stereocenters.